The Kier molecular flexibility index (Phi) is 19.3. The molecule has 22 nitrogen and oxygen atoms in total. The van der Waals surface area contributed by atoms with E-state index >= 15 is 0 Å². The van der Waals surface area contributed by atoms with Crippen molar-refractivity contribution in [2.75, 3.05) is 19.6 Å². The number of hydrogen-bond acceptors (Lipinski definition) is 14. The summed E-state index contributed by atoms with van der Waals surface area (Å²) in [5, 5.41) is 51.6. The fraction of sp³-hybridized carbons (Fsp3) is 0.566. The van der Waals surface area contributed by atoms with Crippen LogP contribution in [-0.2, 0) is 71.4 Å². The number of esters is 2. The van der Waals surface area contributed by atoms with Crippen LogP contribution < -0.4 is 26.8 Å². The maximum Gasteiger partial charge on any atom is 0.355 e. The molecule has 3 amide bonds. The highest BCUT2D eigenvalue weighted by molar-refractivity contribution is 5.91. The number of cyclic esters (lactones) is 1. The Labute approximate surface area is 432 Å². The second kappa shape index (κ2) is 25.3. The average Bonchev–Trinajstić information content (AvgIpc) is 3.72. The van der Waals surface area contributed by atoms with E-state index < -0.39 is 119 Å². The van der Waals surface area contributed by atoms with E-state index in [1.807, 2.05) is 30.3 Å². The lowest BCUT2D eigenvalue weighted by molar-refractivity contribution is -0.189. The first kappa shape index (κ1) is 57.1. The molecule has 0 bridgehead atoms. The van der Waals surface area contributed by atoms with Gasteiger partial charge in [0.25, 0.3) is 5.56 Å². The summed E-state index contributed by atoms with van der Waals surface area (Å²) in [7, 11) is 0. The number of nitrogens with zero attached hydrogens (tertiary/aromatic N) is 2. The summed E-state index contributed by atoms with van der Waals surface area (Å²) in [5.74, 6) is -15.1. The van der Waals surface area contributed by atoms with Gasteiger partial charge < -0.3 is 55.7 Å². The van der Waals surface area contributed by atoms with Crippen molar-refractivity contribution in [2.45, 2.75) is 136 Å². The summed E-state index contributed by atoms with van der Waals surface area (Å²) in [6.45, 7) is 5.00. The second-order valence-corrected chi connectivity index (χ2v) is 20.0. The van der Waals surface area contributed by atoms with E-state index in [0.29, 0.717) is 23.3 Å². The lowest BCUT2D eigenvalue weighted by Gasteiger charge is -2.35. The Balaban J connectivity index is 0.987. The van der Waals surface area contributed by atoms with Crippen LogP contribution in [0.25, 0.3) is 22.3 Å². The molecule has 1 saturated carbocycles. The van der Waals surface area contributed by atoms with Crippen molar-refractivity contribution in [3.8, 4) is 11.4 Å². The molecule has 75 heavy (non-hydrogen) atoms. The van der Waals surface area contributed by atoms with E-state index in [1.54, 1.807) is 38.3 Å². The molecule has 4 heterocycles. The molecule has 8 atom stereocenters. The van der Waals surface area contributed by atoms with Crippen LogP contribution in [0.2, 0.25) is 0 Å². The summed E-state index contributed by atoms with van der Waals surface area (Å²) < 4.78 is 12.7. The fourth-order valence-corrected chi connectivity index (χ4v) is 10.5. The number of aromatic nitrogens is 2. The van der Waals surface area contributed by atoms with Crippen molar-refractivity contribution in [1.82, 2.24) is 30.8 Å². The van der Waals surface area contributed by atoms with Crippen LogP contribution in [0.3, 0.4) is 0 Å². The Morgan fingerprint density at radius 1 is 0.773 bits per heavy atom. The maximum atomic E-state index is 13.8. The predicted molar refractivity (Wildman–Crippen MR) is 267 cm³/mol. The summed E-state index contributed by atoms with van der Waals surface area (Å²) in [5.41, 5.74) is 0.412. The molecular formula is C53H68N6O16. The molecule has 2 aliphatic heterocycles. The largest absolute Gasteiger partial charge is 0.481 e. The molecule has 8 N–H and O–H groups in total. The zero-order chi connectivity index (χ0) is 54.7. The number of rotatable bonds is 29. The van der Waals surface area contributed by atoms with Crippen LogP contribution >= 0.6 is 0 Å². The van der Waals surface area contributed by atoms with Gasteiger partial charge in [0.05, 0.1) is 71.7 Å². The number of amides is 3. The first-order valence-electron chi connectivity index (χ1n) is 25.7. The van der Waals surface area contributed by atoms with E-state index in [0.717, 1.165) is 30.2 Å². The van der Waals surface area contributed by atoms with Gasteiger partial charge in [-0.25, -0.2) is 9.78 Å². The van der Waals surface area contributed by atoms with E-state index in [-0.39, 0.29) is 88.2 Å². The lowest BCUT2D eigenvalue weighted by Crippen LogP contribution is -2.49. The molecule has 3 aromatic rings. The number of hydrogen-bond donors (Lipinski definition) is 8. The Morgan fingerprint density at radius 2 is 1.36 bits per heavy atom. The number of aliphatic carboxylic acids is 4. The number of carbonyl (C=O) groups excluding carboxylic acids is 5. The van der Waals surface area contributed by atoms with Crippen molar-refractivity contribution >= 4 is 64.4 Å². The monoisotopic (exact) mass is 1040 g/mol. The molecule has 406 valence electrons. The number of fused-ring (bicyclic) bond motifs is 5. The highest BCUT2D eigenvalue weighted by Crippen LogP contribution is 2.41. The first-order valence-corrected chi connectivity index (χ1v) is 25.7. The van der Waals surface area contributed by atoms with Crippen molar-refractivity contribution in [3.63, 3.8) is 0 Å². The molecule has 7 unspecified atom stereocenters. The van der Waals surface area contributed by atoms with Crippen LogP contribution in [0.5, 0.6) is 0 Å². The number of para-hydroxylation sites is 1. The van der Waals surface area contributed by atoms with Gasteiger partial charge in [-0.3, -0.25) is 43.2 Å². The zero-order valence-electron chi connectivity index (χ0n) is 42.7. The minimum absolute atomic E-state index is 0.0143. The second-order valence-electron chi connectivity index (χ2n) is 20.0. The van der Waals surface area contributed by atoms with Gasteiger partial charge in [-0.15, -0.1) is 0 Å². The Bertz CT molecular complexity index is 2740. The van der Waals surface area contributed by atoms with Crippen LogP contribution in [0, 0.1) is 35.5 Å². The number of carboxylic acid groups (broad SMARTS) is 4. The molecule has 1 aromatic carbocycles. The highest BCUT2D eigenvalue weighted by atomic mass is 16.6. The van der Waals surface area contributed by atoms with E-state index in [4.69, 9.17) is 14.5 Å². The van der Waals surface area contributed by atoms with Crippen LogP contribution in [0.4, 0.5) is 0 Å². The SMILES string of the molecule is CCCC(C(=O)O)C(CCCC(C(=O)O)C(CCCC(C(=O)O)C(C)C(C)NCC(=O)NCC(=O)NCC(=O)O[C@]1(CC)C(=O)OCc2c1cc1n(c2=O)Cc2cc3ccccc3nc2-1)C(=O)NC1CCC1)C(=O)O. The molecule has 6 rings (SSSR count). The van der Waals surface area contributed by atoms with Crippen LogP contribution in [-0.4, -0.2) is 115 Å². The quantitative estimate of drug-likeness (QED) is 0.0359. The van der Waals surface area contributed by atoms with E-state index in [9.17, 15) is 68.4 Å². The van der Waals surface area contributed by atoms with Crippen molar-refractivity contribution in [3.05, 3.63) is 63.4 Å². The molecule has 2 aromatic heterocycles. The molecule has 22 heteroatoms. The third-order valence-corrected chi connectivity index (χ3v) is 15.2. The lowest BCUT2D eigenvalue weighted by atomic mass is 9.78. The van der Waals surface area contributed by atoms with Crippen molar-refractivity contribution in [2.24, 2.45) is 35.5 Å². The minimum Gasteiger partial charge on any atom is -0.481 e. The molecular weight excluding hydrogens is 977 g/mol. The van der Waals surface area contributed by atoms with Gasteiger partial charge in [0.2, 0.25) is 23.3 Å². The molecule has 3 aliphatic rings. The smallest absolute Gasteiger partial charge is 0.355 e. The van der Waals surface area contributed by atoms with Gasteiger partial charge in [0.1, 0.15) is 13.2 Å². The van der Waals surface area contributed by atoms with Crippen LogP contribution in [0.15, 0.2) is 41.2 Å². The summed E-state index contributed by atoms with van der Waals surface area (Å²) in [6, 6.07) is 10.4. The van der Waals surface area contributed by atoms with E-state index in [1.165, 1.54) is 0 Å². The fourth-order valence-electron chi connectivity index (χ4n) is 10.5. The number of carboxylic acids is 4. The van der Waals surface area contributed by atoms with Crippen LogP contribution in [0.1, 0.15) is 121 Å². The van der Waals surface area contributed by atoms with Gasteiger partial charge >= 0.3 is 35.8 Å². The Hall–Kier alpha value is -7.23. The minimum atomic E-state index is -2.00. The molecule has 1 aliphatic carbocycles. The number of carbonyl (C=O) groups is 9. The maximum absolute atomic E-state index is 13.8. The zero-order valence-corrected chi connectivity index (χ0v) is 42.7. The summed E-state index contributed by atoms with van der Waals surface area (Å²) in [6.07, 6.45) is 2.87. The van der Waals surface area contributed by atoms with Gasteiger partial charge in [-0.05, 0) is 88.8 Å². The normalized spacial score (nSPS) is 18.5. The number of ether oxygens (including phenoxy) is 2. The van der Waals surface area contributed by atoms with Gasteiger partial charge in [0.15, 0.2) is 0 Å². The summed E-state index contributed by atoms with van der Waals surface area (Å²) >= 11 is 0. The van der Waals surface area contributed by atoms with Gasteiger partial charge in [0, 0.05) is 28.6 Å². The molecule has 1 fully saturated rings. The predicted octanol–water partition coefficient (Wildman–Crippen LogP) is 3.71. The van der Waals surface area contributed by atoms with E-state index in [2.05, 4.69) is 21.3 Å². The highest BCUT2D eigenvalue weighted by Gasteiger charge is 2.50. The molecule has 0 radical (unpaired) electrons. The topological polar surface area (TPSA) is 336 Å². The molecule has 0 spiro atoms. The molecule has 0 saturated heterocycles. The average molecular weight is 1050 g/mol. The number of pyridine rings is 2. The first-order chi connectivity index (χ1) is 35.7. The standard InChI is InChI=1S/C53H68N6O16/c1-5-12-35(49(67)68)37(51(71)72)19-11-18-36(50(69)70)34(46(63)57-32-14-9-15-32)17-10-16-33(48(65)66)28(3)29(4)54-23-42(60)55-24-43(61)56-25-44(62)75-53(6-2)39-22-41-45-31(21-30-13-7-8-20-40(30)58-45)26-59(41)47(64)38(39)27-74-52(53)73/h7-8,13,20-22,28-29,32-37,54H,5-6,9-12,14-19,23-27H2,1-4H3,(H,55,60)(H,56,61)(H,57,63)(H,65,66)(H,67,68)(H,69,70)(H,71,72)/t28?,29?,33?,34?,35?,36?,37?,53-/m0/s1. The van der Waals surface area contributed by atoms with Gasteiger partial charge in [-0.2, -0.15) is 0 Å². The van der Waals surface area contributed by atoms with Crippen molar-refractivity contribution < 1.29 is 73.1 Å². The number of nitrogens with one attached hydrogen (secondary N) is 4. The van der Waals surface area contributed by atoms with Gasteiger partial charge in [-0.1, -0.05) is 58.2 Å². The Morgan fingerprint density at radius 3 is 1.97 bits per heavy atom. The number of benzene rings is 1. The summed E-state index contributed by atoms with van der Waals surface area (Å²) in [4.78, 5) is 134. The van der Waals surface area contributed by atoms with Crippen molar-refractivity contribution in [1.29, 1.82) is 0 Å². The third-order valence-electron chi connectivity index (χ3n) is 15.2. The third kappa shape index (κ3) is 13.4.